The van der Waals surface area contributed by atoms with E-state index >= 15 is 0 Å². The number of ether oxygens (including phenoxy) is 1. The summed E-state index contributed by atoms with van der Waals surface area (Å²) in [5, 5.41) is 0. The van der Waals surface area contributed by atoms with Crippen LogP contribution in [0.3, 0.4) is 0 Å². The van der Waals surface area contributed by atoms with Gasteiger partial charge >= 0.3 is 0 Å². The monoisotopic (exact) mass is 209 g/mol. The summed E-state index contributed by atoms with van der Waals surface area (Å²) in [5.74, 6) is 0.736. The molecule has 1 aliphatic heterocycles. The first kappa shape index (κ1) is 9.20. The molecule has 0 bridgehead atoms. The fourth-order valence-electron chi connectivity index (χ4n) is 1.82. The third-order valence-electron chi connectivity index (χ3n) is 2.65. The fourth-order valence-corrected chi connectivity index (χ4v) is 1.82. The largest absolute Gasteiger partial charge is 0.475 e. The highest BCUT2D eigenvalue weighted by Crippen LogP contribution is 2.19. The van der Waals surface area contributed by atoms with Crippen molar-refractivity contribution in [1.29, 1.82) is 0 Å². The van der Waals surface area contributed by atoms with Gasteiger partial charge in [0.2, 0.25) is 5.90 Å². The molecule has 0 fully saturated rings. The van der Waals surface area contributed by atoms with Crippen molar-refractivity contribution in [3.8, 4) is 0 Å². The average molecular weight is 209 g/mol. The van der Waals surface area contributed by atoms with E-state index in [0.29, 0.717) is 6.61 Å². The van der Waals surface area contributed by atoms with E-state index in [9.17, 15) is 0 Å². The van der Waals surface area contributed by atoms with Gasteiger partial charge in [0, 0.05) is 11.1 Å². The van der Waals surface area contributed by atoms with Crippen LogP contribution >= 0.6 is 0 Å². The summed E-state index contributed by atoms with van der Waals surface area (Å²) in [4.78, 5) is 4.56. The van der Waals surface area contributed by atoms with Crippen molar-refractivity contribution < 1.29 is 4.74 Å². The molecule has 0 spiro atoms. The minimum absolute atomic E-state index is 0.102. The number of hydrogen-bond acceptors (Lipinski definition) is 2. The summed E-state index contributed by atoms with van der Waals surface area (Å²) in [6.45, 7) is 0.616. The second kappa shape index (κ2) is 3.84. The Labute approximate surface area is 94.3 Å². The zero-order chi connectivity index (χ0) is 10.8. The number of nitrogens with zero attached hydrogens (tertiary/aromatic N) is 1. The van der Waals surface area contributed by atoms with Gasteiger partial charge in [-0.1, -0.05) is 24.3 Å². The van der Waals surface area contributed by atoms with Gasteiger partial charge < -0.3 is 4.74 Å². The summed E-state index contributed by atoms with van der Waals surface area (Å²) in [7, 11) is 0. The van der Waals surface area contributed by atoms with Gasteiger partial charge in [-0.2, -0.15) is 0 Å². The van der Waals surface area contributed by atoms with Crippen LogP contribution in [-0.2, 0) is 4.74 Å². The minimum Gasteiger partial charge on any atom is -0.475 e. The molecule has 78 valence electrons. The summed E-state index contributed by atoms with van der Waals surface area (Å²) in [5.41, 5.74) is 5.31. The first-order chi connectivity index (χ1) is 7.93. The van der Waals surface area contributed by atoms with Crippen molar-refractivity contribution in [2.75, 3.05) is 6.61 Å². The van der Waals surface area contributed by atoms with E-state index in [0.717, 1.165) is 17.0 Å². The van der Waals surface area contributed by atoms with Crippen LogP contribution in [0.5, 0.6) is 0 Å². The Kier molecular flexibility index (Phi) is 2.21. The fraction of sp³-hybridized carbons (Fsp3) is 0.143. The van der Waals surface area contributed by atoms with Crippen molar-refractivity contribution >= 4 is 5.90 Å². The molecule has 0 N–H and O–H groups in total. The zero-order valence-electron chi connectivity index (χ0n) is 8.76. The highest BCUT2D eigenvalue weighted by Gasteiger charge is 2.22. The Morgan fingerprint density at radius 3 is 2.88 bits per heavy atom. The highest BCUT2D eigenvalue weighted by atomic mass is 16.5. The third kappa shape index (κ3) is 1.60. The molecule has 1 aliphatic carbocycles. The molecule has 0 amide bonds. The van der Waals surface area contributed by atoms with Gasteiger partial charge in [0.05, 0.1) is 0 Å². The van der Waals surface area contributed by atoms with E-state index in [1.165, 1.54) is 0 Å². The molecule has 0 saturated carbocycles. The molecule has 2 heteroatoms. The lowest BCUT2D eigenvalue weighted by Crippen LogP contribution is -2.07. The summed E-state index contributed by atoms with van der Waals surface area (Å²) in [6, 6.07) is 10.1. The average Bonchev–Trinajstić information content (AvgIpc) is 3.01. The van der Waals surface area contributed by atoms with E-state index in [1.807, 2.05) is 48.6 Å². The van der Waals surface area contributed by atoms with Crippen LogP contribution in [0.1, 0.15) is 5.56 Å². The van der Waals surface area contributed by atoms with Crippen molar-refractivity contribution in [2.24, 2.45) is 4.99 Å². The molecule has 1 aromatic rings. The normalized spacial score (nSPS) is 21.9. The van der Waals surface area contributed by atoms with E-state index < -0.39 is 0 Å². The first-order valence-electron chi connectivity index (χ1n) is 5.33. The predicted octanol–water partition coefficient (Wildman–Crippen LogP) is 2.48. The Morgan fingerprint density at radius 2 is 2.12 bits per heavy atom. The number of allylic oxidation sites excluding steroid dienone is 1. The topological polar surface area (TPSA) is 21.6 Å². The lowest BCUT2D eigenvalue weighted by atomic mass is 10.1. The lowest BCUT2D eigenvalue weighted by Gasteiger charge is -2.00. The Balaban J connectivity index is 1.87. The summed E-state index contributed by atoms with van der Waals surface area (Å²) in [6.07, 6.45) is 5.92. The summed E-state index contributed by atoms with van der Waals surface area (Å²) < 4.78 is 5.61. The maximum absolute atomic E-state index is 5.61. The van der Waals surface area contributed by atoms with Crippen LogP contribution in [0.4, 0.5) is 0 Å². The Hall–Kier alpha value is -2.05. The van der Waals surface area contributed by atoms with E-state index in [2.05, 4.69) is 10.7 Å². The van der Waals surface area contributed by atoms with Crippen molar-refractivity contribution in [3.63, 3.8) is 0 Å². The second-order valence-electron chi connectivity index (χ2n) is 3.75. The SMILES string of the molecule is C1=CC=CC=1[C@@H]1COC(c2ccccc2)=N1. The maximum Gasteiger partial charge on any atom is 0.216 e. The maximum atomic E-state index is 5.61. The number of hydrogen-bond donors (Lipinski definition) is 0. The standard InChI is InChI=1S/C14H11NO/c1-2-8-12(9-3-1)14-15-13(10-16-14)11-6-4-5-7-11/h1-6,8-9,13H,10H2/t13-/m0/s1. The third-order valence-corrected chi connectivity index (χ3v) is 2.65. The summed E-state index contributed by atoms with van der Waals surface area (Å²) >= 11 is 0. The minimum atomic E-state index is 0.102. The van der Waals surface area contributed by atoms with E-state index in [-0.39, 0.29) is 6.04 Å². The molecule has 2 aliphatic rings. The van der Waals surface area contributed by atoms with E-state index in [4.69, 9.17) is 4.74 Å². The predicted molar refractivity (Wildman–Crippen MR) is 63.5 cm³/mol. The van der Waals surface area contributed by atoms with Gasteiger partial charge in [-0.15, -0.1) is 5.73 Å². The quantitative estimate of drug-likeness (QED) is 0.686. The van der Waals surface area contributed by atoms with Gasteiger partial charge in [-0.05, 0) is 24.3 Å². The molecule has 0 aromatic heterocycles. The lowest BCUT2D eigenvalue weighted by molar-refractivity contribution is 0.330. The zero-order valence-corrected chi connectivity index (χ0v) is 8.76. The van der Waals surface area contributed by atoms with Crippen LogP contribution in [0.15, 0.2) is 64.9 Å². The van der Waals surface area contributed by atoms with Crippen LogP contribution in [-0.4, -0.2) is 18.5 Å². The molecule has 1 aromatic carbocycles. The van der Waals surface area contributed by atoms with Gasteiger partial charge in [-0.25, -0.2) is 4.99 Å². The van der Waals surface area contributed by atoms with Crippen LogP contribution in [0, 0.1) is 0 Å². The first-order valence-corrected chi connectivity index (χ1v) is 5.33. The number of aliphatic imine (C=N–C) groups is 1. The molecule has 3 rings (SSSR count). The van der Waals surface area contributed by atoms with Crippen LogP contribution in [0.25, 0.3) is 0 Å². The van der Waals surface area contributed by atoms with Crippen LogP contribution in [0.2, 0.25) is 0 Å². The van der Waals surface area contributed by atoms with Gasteiger partial charge in [0.15, 0.2) is 0 Å². The van der Waals surface area contributed by atoms with Crippen LogP contribution < -0.4 is 0 Å². The van der Waals surface area contributed by atoms with E-state index in [1.54, 1.807) is 0 Å². The van der Waals surface area contributed by atoms with Gasteiger partial charge in [-0.3, -0.25) is 0 Å². The number of rotatable bonds is 2. The van der Waals surface area contributed by atoms with Crippen molar-refractivity contribution in [3.05, 3.63) is 65.4 Å². The highest BCUT2D eigenvalue weighted by molar-refractivity contribution is 5.95. The van der Waals surface area contributed by atoms with Gasteiger partial charge in [0.25, 0.3) is 0 Å². The molecule has 0 saturated heterocycles. The molecule has 2 nitrogen and oxygen atoms in total. The molecule has 0 radical (unpaired) electrons. The second-order valence-corrected chi connectivity index (χ2v) is 3.75. The Morgan fingerprint density at radius 1 is 1.25 bits per heavy atom. The molecular weight excluding hydrogens is 198 g/mol. The molecule has 1 atom stereocenters. The molecule has 16 heavy (non-hydrogen) atoms. The van der Waals surface area contributed by atoms with Crippen molar-refractivity contribution in [2.45, 2.75) is 6.04 Å². The Bertz CT molecular complexity index is 519. The molecule has 0 unspecified atom stereocenters. The molecular formula is C14H11NO. The smallest absolute Gasteiger partial charge is 0.216 e. The van der Waals surface area contributed by atoms with Gasteiger partial charge in [0.1, 0.15) is 12.6 Å². The number of benzene rings is 1. The molecule has 1 heterocycles. The van der Waals surface area contributed by atoms with Crippen molar-refractivity contribution in [1.82, 2.24) is 0 Å².